The van der Waals surface area contributed by atoms with Crippen LogP contribution in [0.4, 0.5) is 30.7 Å². The van der Waals surface area contributed by atoms with Gasteiger partial charge in [-0.3, -0.25) is 14.8 Å². The van der Waals surface area contributed by atoms with Crippen LogP contribution in [0.3, 0.4) is 0 Å². The molecule has 1 aromatic carbocycles. The van der Waals surface area contributed by atoms with Crippen molar-refractivity contribution in [1.82, 2.24) is 29.6 Å². The maximum absolute atomic E-state index is 13.2. The van der Waals surface area contributed by atoms with E-state index in [9.17, 15) is 30.7 Å². The molecular formula is C27H25F7N6O4. The van der Waals surface area contributed by atoms with E-state index in [0.717, 1.165) is 54.1 Å². The summed E-state index contributed by atoms with van der Waals surface area (Å²) in [6.45, 7) is 3.57. The van der Waals surface area contributed by atoms with E-state index in [4.69, 9.17) is 19.8 Å². The number of halogens is 7. The zero-order valence-corrected chi connectivity index (χ0v) is 22.8. The minimum atomic E-state index is -5.08. The van der Waals surface area contributed by atoms with Gasteiger partial charge in [0.25, 0.3) is 0 Å². The van der Waals surface area contributed by atoms with Gasteiger partial charge in [0.05, 0.1) is 11.6 Å². The average Bonchev–Trinajstić information content (AvgIpc) is 3.38. The van der Waals surface area contributed by atoms with E-state index in [-0.39, 0.29) is 11.9 Å². The standard InChI is InChI=1S/C23H23FN6.2C2HF3O2/c1-28-12-13-29(14-17-2-5-20(24)6-3-17)16-22(28)23-21-7-4-19(15-30(21)27-26-23)18-8-10-25-11-9-18;2*3-2(4,5)1(6)7/h2-11,15,22H,12-14,16H2,1H3;2*(H,6,7). The third kappa shape index (κ3) is 9.43. The predicted molar refractivity (Wildman–Crippen MR) is 141 cm³/mol. The van der Waals surface area contributed by atoms with Crippen LogP contribution in [0.25, 0.3) is 16.6 Å². The molecule has 10 nitrogen and oxygen atoms in total. The molecule has 0 spiro atoms. The number of aliphatic carboxylic acids is 2. The number of alkyl halides is 6. The maximum atomic E-state index is 13.2. The van der Waals surface area contributed by atoms with Crippen molar-refractivity contribution in [2.75, 3.05) is 26.7 Å². The number of nitrogens with zero attached hydrogens (tertiary/aromatic N) is 6. The molecule has 4 aromatic rings. The number of fused-ring (bicyclic) bond motifs is 1. The van der Waals surface area contributed by atoms with Crippen molar-refractivity contribution >= 4 is 17.5 Å². The molecule has 17 heteroatoms. The first-order valence-electron chi connectivity index (χ1n) is 12.6. The van der Waals surface area contributed by atoms with E-state index in [2.05, 4.69) is 44.3 Å². The molecule has 1 fully saturated rings. The number of rotatable bonds is 4. The fourth-order valence-corrected chi connectivity index (χ4v) is 4.08. The SMILES string of the molecule is CN1CCN(Cc2ccc(F)cc2)CC1c1nnn2cc(-c3ccncc3)ccc12.O=C(O)C(F)(F)F.O=C(O)C(F)(F)F. The third-order valence-electron chi connectivity index (χ3n) is 6.31. The first-order valence-corrected chi connectivity index (χ1v) is 12.6. The fourth-order valence-electron chi connectivity index (χ4n) is 4.08. The fraction of sp³-hybridized carbons (Fsp3) is 0.296. The largest absolute Gasteiger partial charge is 0.490 e. The van der Waals surface area contributed by atoms with Crippen LogP contribution in [-0.2, 0) is 16.1 Å². The number of hydrogen-bond donors (Lipinski definition) is 2. The van der Waals surface area contributed by atoms with E-state index < -0.39 is 24.3 Å². The molecule has 3 aromatic heterocycles. The number of likely N-dealkylation sites (N-methyl/N-ethyl adjacent to an activating group) is 1. The topological polar surface area (TPSA) is 124 Å². The number of carbonyl (C=O) groups is 2. The summed E-state index contributed by atoms with van der Waals surface area (Å²) < 4.78 is 78.5. The number of pyridine rings is 2. The second-order valence-electron chi connectivity index (χ2n) is 9.42. The second kappa shape index (κ2) is 14.2. The van der Waals surface area contributed by atoms with Crippen LogP contribution in [0.2, 0.25) is 0 Å². The van der Waals surface area contributed by atoms with Crippen LogP contribution in [0.1, 0.15) is 17.3 Å². The summed E-state index contributed by atoms with van der Waals surface area (Å²) in [5.41, 5.74) is 5.31. The number of aromatic nitrogens is 4. The van der Waals surface area contributed by atoms with Crippen molar-refractivity contribution in [1.29, 1.82) is 0 Å². The molecule has 44 heavy (non-hydrogen) atoms. The minimum Gasteiger partial charge on any atom is -0.475 e. The lowest BCUT2D eigenvalue weighted by Crippen LogP contribution is -2.46. The lowest BCUT2D eigenvalue weighted by Gasteiger charge is -2.38. The lowest BCUT2D eigenvalue weighted by molar-refractivity contribution is -0.193. The number of benzene rings is 1. The lowest BCUT2D eigenvalue weighted by atomic mass is 10.1. The van der Waals surface area contributed by atoms with Gasteiger partial charge in [0.2, 0.25) is 0 Å². The summed E-state index contributed by atoms with van der Waals surface area (Å²) in [5.74, 6) is -5.71. The zero-order valence-electron chi connectivity index (χ0n) is 22.8. The Morgan fingerprint density at radius 1 is 0.864 bits per heavy atom. The van der Waals surface area contributed by atoms with Crippen LogP contribution < -0.4 is 0 Å². The van der Waals surface area contributed by atoms with Crippen LogP contribution in [-0.4, -0.2) is 90.8 Å². The van der Waals surface area contributed by atoms with Crippen molar-refractivity contribution < 1.29 is 50.5 Å². The molecule has 0 amide bonds. The van der Waals surface area contributed by atoms with E-state index >= 15 is 0 Å². The highest BCUT2D eigenvalue weighted by Gasteiger charge is 2.39. The van der Waals surface area contributed by atoms with Crippen LogP contribution in [0, 0.1) is 5.82 Å². The summed E-state index contributed by atoms with van der Waals surface area (Å²) in [6, 6.07) is 15.1. The van der Waals surface area contributed by atoms with Gasteiger partial charge in [-0.25, -0.2) is 18.5 Å². The van der Waals surface area contributed by atoms with Crippen molar-refractivity contribution in [3.63, 3.8) is 0 Å². The molecule has 236 valence electrons. The second-order valence-corrected chi connectivity index (χ2v) is 9.42. The Balaban J connectivity index is 0.000000317. The summed E-state index contributed by atoms with van der Waals surface area (Å²) in [4.78, 5) is 26.6. The van der Waals surface area contributed by atoms with Gasteiger partial charge in [-0.05, 0) is 48.5 Å². The molecule has 5 rings (SSSR count). The van der Waals surface area contributed by atoms with Gasteiger partial charge in [0.15, 0.2) is 0 Å². The Hall–Kier alpha value is -4.64. The Morgan fingerprint density at radius 2 is 1.43 bits per heavy atom. The number of carboxylic acids is 2. The summed E-state index contributed by atoms with van der Waals surface area (Å²) in [7, 11) is 2.14. The molecule has 0 aliphatic carbocycles. The zero-order chi connectivity index (χ0) is 32.7. The monoisotopic (exact) mass is 630 g/mol. The van der Waals surface area contributed by atoms with Gasteiger partial charge in [0.1, 0.15) is 11.5 Å². The Labute approximate surface area is 245 Å². The smallest absolute Gasteiger partial charge is 0.475 e. The first kappa shape index (κ1) is 33.9. The minimum absolute atomic E-state index is 0.156. The van der Waals surface area contributed by atoms with E-state index in [1.54, 1.807) is 12.4 Å². The van der Waals surface area contributed by atoms with Crippen molar-refractivity contribution in [3.8, 4) is 11.1 Å². The summed E-state index contributed by atoms with van der Waals surface area (Å²) >= 11 is 0. The molecule has 0 saturated carbocycles. The van der Waals surface area contributed by atoms with Crippen molar-refractivity contribution in [2.24, 2.45) is 0 Å². The van der Waals surface area contributed by atoms with Crippen molar-refractivity contribution in [2.45, 2.75) is 24.9 Å². The van der Waals surface area contributed by atoms with E-state index in [0.29, 0.717) is 0 Å². The quantitative estimate of drug-likeness (QED) is 0.309. The molecule has 2 N–H and O–H groups in total. The predicted octanol–water partition coefficient (Wildman–Crippen LogP) is 4.69. The summed E-state index contributed by atoms with van der Waals surface area (Å²) in [6.07, 6.45) is -4.57. The maximum Gasteiger partial charge on any atom is 0.490 e. The Bertz CT molecular complexity index is 1520. The number of hydrogen-bond acceptors (Lipinski definition) is 7. The van der Waals surface area contributed by atoms with Gasteiger partial charge in [-0.1, -0.05) is 23.4 Å². The Morgan fingerprint density at radius 3 is 1.98 bits per heavy atom. The molecule has 1 unspecified atom stereocenters. The first-order chi connectivity index (χ1) is 20.6. The van der Waals surface area contributed by atoms with E-state index in [1.165, 1.54) is 12.1 Å². The average molecular weight is 631 g/mol. The molecule has 1 atom stereocenters. The molecule has 4 heterocycles. The highest BCUT2D eigenvalue weighted by atomic mass is 19.4. The van der Waals surface area contributed by atoms with Gasteiger partial charge in [-0.2, -0.15) is 26.3 Å². The van der Waals surface area contributed by atoms with Crippen molar-refractivity contribution in [3.05, 3.63) is 84.2 Å². The van der Waals surface area contributed by atoms with E-state index in [1.807, 2.05) is 35.0 Å². The highest BCUT2D eigenvalue weighted by molar-refractivity contribution is 5.73. The highest BCUT2D eigenvalue weighted by Crippen LogP contribution is 2.28. The van der Waals surface area contributed by atoms with Gasteiger partial charge >= 0.3 is 24.3 Å². The normalized spacial score (nSPS) is 16.0. The summed E-state index contributed by atoms with van der Waals surface area (Å²) in [5, 5.41) is 23.2. The van der Waals surface area contributed by atoms with Gasteiger partial charge in [-0.15, -0.1) is 5.10 Å². The Kier molecular flexibility index (Phi) is 10.9. The molecular weight excluding hydrogens is 605 g/mol. The van der Waals surface area contributed by atoms with Crippen LogP contribution >= 0.6 is 0 Å². The number of piperazine rings is 1. The molecule has 0 radical (unpaired) electrons. The van der Waals surface area contributed by atoms with Gasteiger partial charge < -0.3 is 10.2 Å². The van der Waals surface area contributed by atoms with Gasteiger partial charge in [0, 0.05) is 50.3 Å². The molecule has 0 bridgehead atoms. The van der Waals surface area contributed by atoms with Crippen LogP contribution in [0.15, 0.2) is 67.1 Å². The molecule has 1 saturated heterocycles. The van der Waals surface area contributed by atoms with Crippen LogP contribution in [0.5, 0.6) is 0 Å². The third-order valence-corrected chi connectivity index (χ3v) is 6.31. The molecule has 1 aliphatic heterocycles. The molecule has 1 aliphatic rings. The number of carboxylic acid groups (broad SMARTS) is 2.